The third kappa shape index (κ3) is 4.28. The third-order valence-electron chi connectivity index (χ3n) is 4.09. The standard InChI is InChI=1S/C19H23ClN2O2/c1-12-9-15(20)10-13(2)17(12)11-22-18-6-4-5-16(14(18)3)19(24)21-7-8-23/h4-6,9-10,22-23H,7-8,11H2,1-3H3,(H,21,24). The number of hydrogen-bond acceptors (Lipinski definition) is 3. The Balaban J connectivity index is 2.18. The number of benzene rings is 2. The van der Waals surface area contributed by atoms with Gasteiger partial charge in [0.05, 0.1) is 6.61 Å². The maximum atomic E-state index is 12.1. The molecule has 1 amide bonds. The normalized spacial score (nSPS) is 10.5. The summed E-state index contributed by atoms with van der Waals surface area (Å²) in [6.07, 6.45) is 0. The van der Waals surface area contributed by atoms with Crippen LogP contribution >= 0.6 is 11.6 Å². The van der Waals surface area contributed by atoms with Crippen molar-refractivity contribution in [2.24, 2.45) is 0 Å². The Hall–Kier alpha value is -2.04. The first-order chi connectivity index (χ1) is 11.4. The minimum absolute atomic E-state index is 0.0716. The average Bonchev–Trinajstić information content (AvgIpc) is 2.53. The van der Waals surface area contributed by atoms with Gasteiger partial charge in [-0.1, -0.05) is 17.7 Å². The fourth-order valence-corrected chi connectivity index (χ4v) is 3.07. The minimum atomic E-state index is -0.177. The SMILES string of the molecule is Cc1cc(Cl)cc(C)c1CNc1cccc(C(=O)NCCO)c1C. The van der Waals surface area contributed by atoms with Crippen LogP contribution in [0, 0.1) is 20.8 Å². The molecule has 0 radical (unpaired) electrons. The Morgan fingerprint density at radius 2 is 1.83 bits per heavy atom. The first kappa shape index (κ1) is 18.3. The van der Waals surface area contributed by atoms with Gasteiger partial charge in [0, 0.05) is 29.4 Å². The van der Waals surface area contributed by atoms with E-state index in [-0.39, 0.29) is 19.1 Å². The summed E-state index contributed by atoms with van der Waals surface area (Å²) in [6, 6.07) is 9.50. The molecule has 0 unspecified atom stereocenters. The first-order valence-corrected chi connectivity index (χ1v) is 8.30. The maximum Gasteiger partial charge on any atom is 0.251 e. The van der Waals surface area contributed by atoms with Gasteiger partial charge in [0.1, 0.15) is 0 Å². The zero-order valence-electron chi connectivity index (χ0n) is 14.2. The quantitative estimate of drug-likeness (QED) is 0.749. The van der Waals surface area contributed by atoms with E-state index >= 15 is 0 Å². The van der Waals surface area contributed by atoms with Crippen LogP contribution in [0.5, 0.6) is 0 Å². The van der Waals surface area contributed by atoms with Crippen molar-refractivity contribution in [3.05, 3.63) is 63.2 Å². The molecule has 128 valence electrons. The summed E-state index contributed by atoms with van der Waals surface area (Å²) in [6.45, 7) is 6.84. The van der Waals surface area contributed by atoms with Gasteiger partial charge in [0.2, 0.25) is 0 Å². The molecule has 5 heteroatoms. The molecule has 2 aromatic rings. The number of nitrogens with one attached hydrogen (secondary N) is 2. The number of rotatable bonds is 6. The molecule has 4 nitrogen and oxygen atoms in total. The molecule has 0 saturated carbocycles. The molecule has 0 aliphatic carbocycles. The Morgan fingerprint density at radius 1 is 1.17 bits per heavy atom. The highest BCUT2D eigenvalue weighted by Gasteiger charge is 2.12. The van der Waals surface area contributed by atoms with E-state index in [0.717, 1.165) is 27.4 Å². The van der Waals surface area contributed by atoms with Crippen molar-refractivity contribution in [1.82, 2.24) is 5.32 Å². The number of amides is 1. The molecule has 3 N–H and O–H groups in total. The fraction of sp³-hybridized carbons (Fsp3) is 0.316. The Kier molecular flexibility index (Phi) is 6.23. The summed E-state index contributed by atoms with van der Waals surface area (Å²) in [5, 5.41) is 15.7. The summed E-state index contributed by atoms with van der Waals surface area (Å²) in [5.41, 5.74) is 5.90. The zero-order valence-corrected chi connectivity index (χ0v) is 15.0. The number of carbonyl (C=O) groups is 1. The monoisotopic (exact) mass is 346 g/mol. The van der Waals surface area contributed by atoms with Gasteiger partial charge in [-0.25, -0.2) is 0 Å². The van der Waals surface area contributed by atoms with E-state index in [4.69, 9.17) is 16.7 Å². The Morgan fingerprint density at radius 3 is 2.46 bits per heavy atom. The second-order valence-electron chi connectivity index (χ2n) is 5.83. The van der Waals surface area contributed by atoms with Crippen LogP contribution in [0.1, 0.15) is 32.6 Å². The molecule has 0 aromatic heterocycles. The first-order valence-electron chi connectivity index (χ1n) is 7.92. The average molecular weight is 347 g/mol. The largest absolute Gasteiger partial charge is 0.395 e. The molecular formula is C19H23ClN2O2. The summed E-state index contributed by atoms with van der Waals surface area (Å²) in [5.74, 6) is -0.177. The van der Waals surface area contributed by atoms with E-state index in [1.54, 1.807) is 6.07 Å². The summed E-state index contributed by atoms with van der Waals surface area (Å²) < 4.78 is 0. The number of aliphatic hydroxyl groups excluding tert-OH is 1. The number of hydrogen-bond donors (Lipinski definition) is 3. The molecule has 0 atom stereocenters. The van der Waals surface area contributed by atoms with Crippen LogP contribution in [0.2, 0.25) is 5.02 Å². The second-order valence-corrected chi connectivity index (χ2v) is 6.27. The van der Waals surface area contributed by atoms with Gasteiger partial charge >= 0.3 is 0 Å². The van der Waals surface area contributed by atoms with E-state index < -0.39 is 0 Å². The highest BCUT2D eigenvalue weighted by Crippen LogP contribution is 2.23. The van der Waals surface area contributed by atoms with Crippen LogP contribution in [0.25, 0.3) is 0 Å². The molecule has 0 aliphatic heterocycles. The molecule has 0 fully saturated rings. The van der Waals surface area contributed by atoms with E-state index in [9.17, 15) is 4.79 Å². The molecule has 24 heavy (non-hydrogen) atoms. The van der Waals surface area contributed by atoms with Crippen LogP contribution in [0.3, 0.4) is 0 Å². The van der Waals surface area contributed by atoms with Gasteiger partial charge in [-0.2, -0.15) is 0 Å². The highest BCUT2D eigenvalue weighted by molar-refractivity contribution is 6.30. The van der Waals surface area contributed by atoms with E-state index in [1.807, 2.05) is 45.0 Å². The lowest BCUT2D eigenvalue weighted by molar-refractivity contribution is 0.0944. The van der Waals surface area contributed by atoms with Crippen LogP contribution in [-0.2, 0) is 6.54 Å². The molecular weight excluding hydrogens is 324 g/mol. The third-order valence-corrected chi connectivity index (χ3v) is 4.31. The number of anilines is 1. The molecule has 0 heterocycles. The Bertz CT molecular complexity index is 721. The second kappa shape index (κ2) is 8.18. The predicted molar refractivity (Wildman–Crippen MR) is 98.9 cm³/mol. The van der Waals surface area contributed by atoms with E-state index in [0.29, 0.717) is 12.1 Å². The molecule has 2 rings (SSSR count). The van der Waals surface area contributed by atoms with Crippen LogP contribution in [0.4, 0.5) is 5.69 Å². The van der Waals surface area contributed by atoms with Crippen molar-refractivity contribution < 1.29 is 9.90 Å². The van der Waals surface area contributed by atoms with Gasteiger partial charge in [0.15, 0.2) is 0 Å². The highest BCUT2D eigenvalue weighted by atomic mass is 35.5. The number of carbonyl (C=O) groups excluding carboxylic acids is 1. The van der Waals surface area contributed by atoms with Crippen molar-refractivity contribution in [3.8, 4) is 0 Å². The molecule has 0 spiro atoms. The minimum Gasteiger partial charge on any atom is -0.395 e. The number of aryl methyl sites for hydroxylation is 2. The van der Waals surface area contributed by atoms with E-state index in [2.05, 4.69) is 10.6 Å². The van der Waals surface area contributed by atoms with Crippen LogP contribution in [0.15, 0.2) is 30.3 Å². The molecule has 0 aliphatic rings. The van der Waals surface area contributed by atoms with Crippen LogP contribution in [-0.4, -0.2) is 24.2 Å². The molecule has 0 saturated heterocycles. The Labute approximate surface area is 147 Å². The summed E-state index contributed by atoms with van der Waals surface area (Å²) >= 11 is 6.08. The van der Waals surface area contributed by atoms with Gasteiger partial charge in [-0.15, -0.1) is 0 Å². The van der Waals surface area contributed by atoms with Crippen molar-refractivity contribution in [2.45, 2.75) is 27.3 Å². The van der Waals surface area contributed by atoms with Gasteiger partial charge in [-0.05, 0) is 67.3 Å². The van der Waals surface area contributed by atoms with Crippen molar-refractivity contribution >= 4 is 23.2 Å². The lowest BCUT2D eigenvalue weighted by atomic mass is 10.0. The number of halogens is 1. The smallest absolute Gasteiger partial charge is 0.251 e. The van der Waals surface area contributed by atoms with Gasteiger partial charge < -0.3 is 15.7 Å². The predicted octanol–water partition coefficient (Wildman–Crippen LogP) is 3.60. The number of aliphatic hydroxyl groups is 1. The molecule has 2 aromatic carbocycles. The van der Waals surface area contributed by atoms with Crippen molar-refractivity contribution in [3.63, 3.8) is 0 Å². The lowest BCUT2D eigenvalue weighted by Gasteiger charge is -2.16. The topological polar surface area (TPSA) is 61.4 Å². The molecule has 0 bridgehead atoms. The maximum absolute atomic E-state index is 12.1. The van der Waals surface area contributed by atoms with Gasteiger partial charge in [0.25, 0.3) is 5.91 Å². The van der Waals surface area contributed by atoms with Crippen molar-refractivity contribution in [2.75, 3.05) is 18.5 Å². The van der Waals surface area contributed by atoms with Gasteiger partial charge in [-0.3, -0.25) is 4.79 Å². The lowest BCUT2D eigenvalue weighted by Crippen LogP contribution is -2.27. The fourth-order valence-electron chi connectivity index (χ4n) is 2.74. The van der Waals surface area contributed by atoms with Crippen molar-refractivity contribution in [1.29, 1.82) is 0 Å². The van der Waals surface area contributed by atoms with E-state index in [1.165, 1.54) is 5.56 Å². The summed E-state index contributed by atoms with van der Waals surface area (Å²) in [7, 11) is 0. The summed E-state index contributed by atoms with van der Waals surface area (Å²) in [4.78, 5) is 12.1. The van der Waals surface area contributed by atoms with Crippen LogP contribution < -0.4 is 10.6 Å². The zero-order chi connectivity index (χ0) is 17.7.